The number of nitrogens with one attached hydrogen (secondary N) is 2. The second-order valence-electron chi connectivity index (χ2n) is 6.11. The monoisotopic (exact) mass is 323 g/mol. The Morgan fingerprint density at radius 3 is 2.71 bits per heavy atom. The molecule has 1 aliphatic heterocycles. The number of para-hydroxylation sites is 1. The van der Waals surface area contributed by atoms with Crippen molar-refractivity contribution in [3.63, 3.8) is 0 Å². The van der Waals surface area contributed by atoms with Crippen LogP contribution in [0.1, 0.15) is 12.0 Å². The molecule has 5 heteroatoms. The van der Waals surface area contributed by atoms with Crippen LogP contribution in [0.15, 0.2) is 54.6 Å². The molecule has 5 nitrogen and oxygen atoms in total. The highest BCUT2D eigenvalue weighted by Crippen LogP contribution is 2.24. The lowest BCUT2D eigenvalue weighted by Gasteiger charge is -2.17. The second-order valence-corrected chi connectivity index (χ2v) is 6.11. The van der Waals surface area contributed by atoms with Gasteiger partial charge in [0.2, 0.25) is 5.91 Å². The first kappa shape index (κ1) is 16.1. The van der Waals surface area contributed by atoms with Crippen molar-refractivity contribution in [1.82, 2.24) is 5.32 Å². The number of anilines is 2. The number of amides is 3. The Labute approximate surface area is 141 Å². The van der Waals surface area contributed by atoms with E-state index in [9.17, 15) is 9.59 Å². The van der Waals surface area contributed by atoms with E-state index in [2.05, 4.69) is 10.6 Å². The van der Waals surface area contributed by atoms with E-state index in [4.69, 9.17) is 0 Å². The molecule has 0 aromatic heterocycles. The van der Waals surface area contributed by atoms with Gasteiger partial charge in [0, 0.05) is 36.8 Å². The number of rotatable bonds is 4. The van der Waals surface area contributed by atoms with Gasteiger partial charge in [-0.15, -0.1) is 0 Å². The number of hydrogen-bond acceptors (Lipinski definition) is 2. The summed E-state index contributed by atoms with van der Waals surface area (Å²) in [7, 11) is 0. The number of aryl methyl sites for hydroxylation is 1. The third kappa shape index (κ3) is 3.93. The Morgan fingerprint density at radius 1 is 1.17 bits per heavy atom. The minimum absolute atomic E-state index is 0.104. The first-order chi connectivity index (χ1) is 11.6. The van der Waals surface area contributed by atoms with Gasteiger partial charge in [0.05, 0.1) is 0 Å². The zero-order valence-electron chi connectivity index (χ0n) is 13.7. The van der Waals surface area contributed by atoms with E-state index in [-0.39, 0.29) is 17.9 Å². The summed E-state index contributed by atoms with van der Waals surface area (Å²) in [5.74, 6) is 0.230. The minimum atomic E-state index is -0.244. The zero-order valence-corrected chi connectivity index (χ0v) is 13.7. The SMILES string of the molecule is Cc1cccc(NC(=O)NC[C@H]2CC(=O)N(c3ccccc3)C2)c1. The van der Waals surface area contributed by atoms with Crippen LogP contribution in [-0.4, -0.2) is 25.0 Å². The molecule has 0 saturated carbocycles. The van der Waals surface area contributed by atoms with Gasteiger partial charge in [-0.05, 0) is 36.8 Å². The van der Waals surface area contributed by atoms with Crippen molar-refractivity contribution < 1.29 is 9.59 Å². The van der Waals surface area contributed by atoms with Crippen LogP contribution in [-0.2, 0) is 4.79 Å². The van der Waals surface area contributed by atoms with Gasteiger partial charge in [0.15, 0.2) is 0 Å². The van der Waals surface area contributed by atoms with Crippen molar-refractivity contribution in [3.8, 4) is 0 Å². The summed E-state index contributed by atoms with van der Waals surface area (Å²) in [4.78, 5) is 25.9. The maximum atomic E-state index is 12.2. The van der Waals surface area contributed by atoms with Crippen molar-refractivity contribution in [1.29, 1.82) is 0 Å². The first-order valence-corrected chi connectivity index (χ1v) is 8.09. The molecule has 0 radical (unpaired) electrons. The third-order valence-electron chi connectivity index (χ3n) is 4.10. The van der Waals surface area contributed by atoms with Crippen molar-refractivity contribution in [3.05, 3.63) is 60.2 Å². The van der Waals surface area contributed by atoms with Gasteiger partial charge >= 0.3 is 6.03 Å². The van der Waals surface area contributed by atoms with E-state index >= 15 is 0 Å². The Balaban J connectivity index is 1.50. The molecule has 2 aromatic rings. The van der Waals surface area contributed by atoms with Crippen LogP contribution in [0.4, 0.5) is 16.2 Å². The van der Waals surface area contributed by atoms with E-state index in [1.807, 2.05) is 61.5 Å². The first-order valence-electron chi connectivity index (χ1n) is 8.09. The van der Waals surface area contributed by atoms with Gasteiger partial charge in [-0.3, -0.25) is 4.79 Å². The summed E-state index contributed by atoms with van der Waals surface area (Å²) in [5.41, 5.74) is 2.77. The number of nitrogens with zero attached hydrogens (tertiary/aromatic N) is 1. The molecule has 3 amide bonds. The number of urea groups is 1. The quantitative estimate of drug-likeness (QED) is 0.908. The van der Waals surface area contributed by atoms with Gasteiger partial charge in [-0.25, -0.2) is 4.79 Å². The summed E-state index contributed by atoms with van der Waals surface area (Å²) >= 11 is 0. The molecule has 3 rings (SSSR count). The van der Waals surface area contributed by atoms with Crippen LogP contribution < -0.4 is 15.5 Å². The fourth-order valence-electron chi connectivity index (χ4n) is 2.91. The third-order valence-corrected chi connectivity index (χ3v) is 4.10. The molecule has 2 N–H and O–H groups in total. The molecular weight excluding hydrogens is 302 g/mol. The Bertz CT molecular complexity index is 730. The minimum Gasteiger partial charge on any atom is -0.338 e. The second kappa shape index (κ2) is 7.17. The molecule has 1 atom stereocenters. The lowest BCUT2D eigenvalue weighted by atomic mass is 10.1. The van der Waals surface area contributed by atoms with Crippen LogP contribution in [0.2, 0.25) is 0 Å². The van der Waals surface area contributed by atoms with Crippen LogP contribution in [0, 0.1) is 12.8 Å². The smallest absolute Gasteiger partial charge is 0.319 e. The largest absolute Gasteiger partial charge is 0.338 e. The normalized spacial score (nSPS) is 17.0. The van der Waals surface area contributed by atoms with E-state index in [0.717, 1.165) is 16.9 Å². The summed E-state index contributed by atoms with van der Waals surface area (Å²) in [6.07, 6.45) is 0.458. The van der Waals surface area contributed by atoms with E-state index in [1.54, 1.807) is 4.90 Å². The number of hydrogen-bond donors (Lipinski definition) is 2. The van der Waals surface area contributed by atoms with Crippen molar-refractivity contribution in [2.45, 2.75) is 13.3 Å². The average molecular weight is 323 g/mol. The summed E-state index contributed by atoms with van der Waals surface area (Å²) in [6.45, 7) is 3.09. The maximum absolute atomic E-state index is 12.2. The van der Waals surface area contributed by atoms with E-state index in [0.29, 0.717) is 19.5 Å². The molecule has 1 saturated heterocycles. The van der Waals surface area contributed by atoms with Gasteiger partial charge in [0.1, 0.15) is 0 Å². The van der Waals surface area contributed by atoms with Gasteiger partial charge in [-0.2, -0.15) is 0 Å². The standard InChI is InChI=1S/C19H21N3O2/c1-14-6-5-7-16(10-14)21-19(24)20-12-15-11-18(23)22(13-15)17-8-3-2-4-9-17/h2-10,15H,11-13H2,1H3,(H2,20,21,24)/t15-/m1/s1. The molecule has 124 valence electrons. The molecular formula is C19H21N3O2. The topological polar surface area (TPSA) is 61.4 Å². The van der Waals surface area contributed by atoms with Crippen LogP contribution in [0.25, 0.3) is 0 Å². The lowest BCUT2D eigenvalue weighted by molar-refractivity contribution is -0.117. The molecule has 2 aromatic carbocycles. The van der Waals surface area contributed by atoms with E-state index < -0.39 is 0 Å². The number of carbonyl (C=O) groups excluding carboxylic acids is 2. The highest BCUT2D eigenvalue weighted by molar-refractivity contribution is 5.96. The van der Waals surface area contributed by atoms with E-state index in [1.165, 1.54) is 0 Å². The highest BCUT2D eigenvalue weighted by atomic mass is 16.2. The van der Waals surface area contributed by atoms with Gasteiger partial charge in [-0.1, -0.05) is 30.3 Å². The molecule has 0 aliphatic carbocycles. The Kier molecular flexibility index (Phi) is 4.79. The van der Waals surface area contributed by atoms with Gasteiger partial charge in [0.25, 0.3) is 0 Å². The Morgan fingerprint density at radius 2 is 1.96 bits per heavy atom. The van der Waals surface area contributed by atoms with Crippen LogP contribution in [0.5, 0.6) is 0 Å². The highest BCUT2D eigenvalue weighted by Gasteiger charge is 2.30. The molecule has 1 heterocycles. The fourth-order valence-corrected chi connectivity index (χ4v) is 2.91. The Hall–Kier alpha value is -2.82. The fraction of sp³-hybridized carbons (Fsp3) is 0.263. The van der Waals surface area contributed by atoms with Crippen LogP contribution >= 0.6 is 0 Å². The van der Waals surface area contributed by atoms with Crippen molar-refractivity contribution in [2.24, 2.45) is 5.92 Å². The van der Waals surface area contributed by atoms with Crippen LogP contribution in [0.3, 0.4) is 0 Å². The predicted molar refractivity (Wildman–Crippen MR) is 95.1 cm³/mol. The van der Waals surface area contributed by atoms with Crippen molar-refractivity contribution >= 4 is 23.3 Å². The average Bonchev–Trinajstić information content (AvgIpc) is 2.95. The summed E-state index contributed by atoms with van der Waals surface area (Å²) in [5, 5.41) is 5.67. The molecule has 1 fully saturated rings. The molecule has 1 aliphatic rings. The predicted octanol–water partition coefficient (Wildman–Crippen LogP) is 3.17. The summed E-state index contributed by atoms with van der Waals surface area (Å²) < 4.78 is 0. The number of carbonyl (C=O) groups is 2. The van der Waals surface area contributed by atoms with Gasteiger partial charge < -0.3 is 15.5 Å². The van der Waals surface area contributed by atoms with Crippen molar-refractivity contribution in [2.75, 3.05) is 23.3 Å². The lowest BCUT2D eigenvalue weighted by Crippen LogP contribution is -2.34. The zero-order chi connectivity index (χ0) is 16.9. The molecule has 24 heavy (non-hydrogen) atoms. The molecule has 0 bridgehead atoms. The molecule has 0 spiro atoms. The molecule has 0 unspecified atom stereocenters. The summed E-state index contributed by atoms with van der Waals surface area (Å²) in [6, 6.07) is 17.0. The maximum Gasteiger partial charge on any atom is 0.319 e. The number of benzene rings is 2.